The van der Waals surface area contributed by atoms with Gasteiger partial charge in [-0.3, -0.25) is 0 Å². The van der Waals surface area contributed by atoms with Crippen LogP contribution >= 0.6 is 0 Å². The second kappa shape index (κ2) is 132. The van der Waals surface area contributed by atoms with Crippen LogP contribution in [0.4, 0.5) is 4.79 Å². The van der Waals surface area contributed by atoms with E-state index < -0.39 is 0 Å². The van der Waals surface area contributed by atoms with Gasteiger partial charge in [-0.1, -0.05) is 129 Å². The summed E-state index contributed by atoms with van der Waals surface area (Å²) in [4.78, 5) is 26.7. The van der Waals surface area contributed by atoms with E-state index in [0.29, 0.717) is 53.0 Å². The lowest BCUT2D eigenvalue weighted by atomic mass is 10.1. The molecule has 0 aliphatic rings. The van der Waals surface area contributed by atoms with E-state index >= 15 is 0 Å². The van der Waals surface area contributed by atoms with Crippen LogP contribution in [0.1, 0.15) is 222 Å². The minimum absolute atomic E-state index is 0. The van der Waals surface area contributed by atoms with Gasteiger partial charge in [0.2, 0.25) is 0 Å². The molecular formula is C53H136N2O13. The van der Waals surface area contributed by atoms with Crippen molar-refractivity contribution in [2.75, 3.05) is 112 Å². The lowest BCUT2D eigenvalue weighted by Crippen LogP contribution is -2.23. The number of aliphatic hydroxyl groups is 2. The Morgan fingerprint density at radius 2 is 0.882 bits per heavy atom. The van der Waals surface area contributed by atoms with Crippen molar-refractivity contribution in [3.05, 3.63) is 0 Å². The fraction of sp³-hybridized carbons (Fsp3) is 0.962. The first-order valence-corrected chi connectivity index (χ1v) is 22.1. The molecule has 0 aromatic rings. The lowest BCUT2D eigenvalue weighted by Gasteiger charge is -2.08. The van der Waals surface area contributed by atoms with Gasteiger partial charge in [0, 0.05) is 65.9 Å². The number of ether oxygens (including phenoxy) is 8. The lowest BCUT2D eigenvalue weighted by molar-refractivity contribution is -0.191. The summed E-state index contributed by atoms with van der Waals surface area (Å²) in [5.74, 6) is 0. The zero-order valence-electron chi connectivity index (χ0n) is 39.6. The third-order valence-corrected chi connectivity index (χ3v) is 6.44. The predicted octanol–water partition coefficient (Wildman–Crippen LogP) is 13.9. The summed E-state index contributed by atoms with van der Waals surface area (Å²) in [7, 11) is 0. The minimum atomic E-state index is -0.320. The Labute approximate surface area is 430 Å². The van der Waals surface area contributed by atoms with Gasteiger partial charge in [0.05, 0.1) is 45.2 Å². The topological polar surface area (TPSA) is 190 Å². The Morgan fingerprint density at radius 3 is 1.28 bits per heavy atom. The summed E-state index contributed by atoms with van der Waals surface area (Å²) in [6, 6.07) is 0. The first kappa shape index (κ1) is 116. The molecule has 0 fully saturated rings. The smallest absolute Gasteiger partial charge is 0.407 e. The standard InChI is InChI=1S/C9H20O2.C8H18O3.C8H18O2.C6H13NO2.C6H15NO.C5H12O.CO2.10CH4/c1-3-9(10)7-5-6-8-11-4-2;1-3-5-10-6-7-11-8-9-4-2;1-3-5-6-8(9)7-10-4-2;1-3-5-9-6(8)7-4-2;1-3-7-5-6-8-4-2;1-3-5-6-4-2;2-1-3;;;;;;;;;;/h9-10H,3-8H2,1-2H3;3-8H2,1-2H3;8-9H,3-7H2,1-2H3;3-5H2,1-2H3,(H,7,8);7H,3-6H2,1-2H3;3-5H2,1-2H3;;10*1H4. The van der Waals surface area contributed by atoms with E-state index in [1.54, 1.807) is 0 Å². The van der Waals surface area contributed by atoms with Crippen molar-refractivity contribution in [1.82, 2.24) is 10.6 Å². The molecule has 0 saturated heterocycles. The molecule has 0 heterocycles. The Morgan fingerprint density at radius 1 is 0.456 bits per heavy atom. The van der Waals surface area contributed by atoms with E-state index in [0.717, 1.165) is 124 Å². The molecule has 15 nitrogen and oxygen atoms in total. The molecule has 0 aromatic heterocycles. The highest BCUT2D eigenvalue weighted by Crippen LogP contribution is 2.03. The summed E-state index contributed by atoms with van der Waals surface area (Å²) in [6.45, 7) is 36.7. The number of aliphatic hydroxyl groups excluding tert-OH is 2. The average molecular weight is 1010 g/mol. The van der Waals surface area contributed by atoms with E-state index in [1.807, 2.05) is 55.4 Å². The molecule has 0 aliphatic heterocycles. The first-order chi connectivity index (χ1) is 28.1. The highest BCUT2D eigenvalue weighted by atomic mass is 16.7. The van der Waals surface area contributed by atoms with Crippen LogP contribution in [-0.4, -0.2) is 147 Å². The Kier molecular flexibility index (Phi) is 225. The molecule has 2 atom stereocenters. The normalized spacial score (nSPS) is 9.03. The van der Waals surface area contributed by atoms with E-state index in [-0.39, 0.29) is 98.7 Å². The highest BCUT2D eigenvalue weighted by Gasteiger charge is 2.01. The fourth-order valence-electron chi connectivity index (χ4n) is 3.42. The molecule has 0 bridgehead atoms. The van der Waals surface area contributed by atoms with E-state index in [2.05, 4.69) is 43.1 Å². The second-order valence-electron chi connectivity index (χ2n) is 11.8. The van der Waals surface area contributed by atoms with Gasteiger partial charge in [-0.25, -0.2) is 4.79 Å². The zero-order chi connectivity index (χ0) is 45.6. The van der Waals surface area contributed by atoms with Crippen LogP contribution < -0.4 is 10.6 Å². The molecule has 2 unspecified atom stereocenters. The zero-order valence-corrected chi connectivity index (χ0v) is 39.6. The predicted molar refractivity (Wildman–Crippen MR) is 302 cm³/mol. The average Bonchev–Trinajstić information content (AvgIpc) is 3.23. The van der Waals surface area contributed by atoms with Crippen molar-refractivity contribution < 1.29 is 62.5 Å². The number of hydrogen-bond donors (Lipinski definition) is 4. The number of nitrogens with one attached hydrogen (secondary N) is 2. The number of amides is 1. The Balaban J connectivity index is -0.0000000296. The quantitative estimate of drug-likeness (QED) is 0.0368. The number of alkyl carbamates (subject to hydrolysis) is 1. The van der Waals surface area contributed by atoms with Gasteiger partial charge < -0.3 is 58.7 Å². The summed E-state index contributed by atoms with van der Waals surface area (Å²) in [6.07, 6.45) is 9.69. The number of unbranched alkanes of at least 4 members (excludes halogenated alkanes) is 2. The molecule has 15 heteroatoms. The number of carbonyl (C=O) groups excluding carboxylic acids is 3. The SMILES string of the molecule is C.C.C.C.C.C.C.C.C.C.CCCCC(O)COCC.CCCOC(=O)NCC.CCCOCC.CCCOCCOCOCC.CCNCCOCC.CCOCCCCC(O)CC.O=C=O. The Hall–Kier alpha value is -1.75. The van der Waals surface area contributed by atoms with Gasteiger partial charge in [-0.15, -0.1) is 0 Å². The largest absolute Gasteiger partial charge is 0.450 e. The number of likely N-dealkylation sites (N-methyl/N-ethyl adjacent to an activating group) is 1. The molecule has 4 N–H and O–H groups in total. The maximum atomic E-state index is 10.5. The van der Waals surface area contributed by atoms with Crippen molar-refractivity contribution in [2.45, 2.75) is 234 Å². The van der Waals surface area contributed by atoms with Gasteiger partial charge in [0.15, 0.2) is 0 Å². The Bertz CT molecular complexity index is 656. The number of rotatable bonds is 32. The van der Waals surface area contributed by atoms with Crippen molar-refractivity contribution in [3.63, 3.8) is 0 Å². The summed E-state index contributed by atoms with van der Waals surface area (Å²) >= 11 is 0. The molecule has 1 amide bonds. The highest BCUT2D eigenvalue weighted by molar-refractivity contribution is 5.66. The van der Waals surface area contributed by atoms with Gasteiger partial charge in [0.1, 0.15) is 6.79 Å². The fourth-order valence-corrected chi connectivity index (χ4v) is 3.42. The van der Waals surface area contributed by atoms with Crippen molar-refractivity contribution in [1.29, 1.82) is 0 Å². The van der Waals surface area contributed by atoms with E-state index in [4.69, 9.17) is 42.7 Å². The molecule has 0 aliphatic carbocycles. The summed E-state index contributed by atoms with van der Waals surface area (Å²) < 4.78 is 40.2. The number of carbonyl (C=O) groups is 1. The van der Waals surface area contributed by atoms with E-state index in [9.17, 15) is 15.0 Å². The molecule has 436 valence electrons. The van der Waals surface area contributed by atoms with Gasteiger partial charge in [-0.05, 0) is 99.5 Å². The first-order valence-electron chi connectivity index (χ1n) is 22.1. The van der Waals surface area contributed by atoms with E-state index in [1.165, 1.54) is 0 Å². The molecular weight excluding hydrogens is 873 g/mol. The summed E-state index contributed by atoms with van der Waals surface area (Å²) in [5, 5.41) is 24.0. The third kappa shape index (κ3) is 176. The van der Waals surface area contributed by atoms with Crippen LogP contribution in [0.5, 0.6) is 0 Å². The van der Waals surface area contributed by atoms with Crippen LogP contribution in [0.3, 0.4) is 0 Å². The molecule has 0 saturated carbocycles. The minimum Gasteiger partial charge on any atom is -0.450 e. The van der Waals surface area contributed by atoms with Crippen LogP contribution in [0.25, 0.3) is 0 Å². The van der Waals surface area contributed by atoms with Crippen LogP contribution in [0.15, 0.2) is 0 Å². The van der Waals surface area contributed by atoms with Crippen LogP contribution in [0.2, 0.25) is 0 Å². The second-order valence-corrected chi connectivity index (χ2v) is 11.8. The molecule has 0 rings (SSSR count). The molecule has 0 aromatic carbocycles. The molecule has 68 heavy (non-hydrogen) atoms. The molecule has 0 spiro atoms. The molecule has 0 radical (unpaired) electrons. The van der Waals surface area contributed by atoms with Crippen molar-refractivity contribution >= 4 is 12.2 Å². The maximum absolute atomic E-state index is 10.5. The van der Waals surface area contributed by atoms with Gasteiger partial charge in [-0.2, -0.15) is 9.59 Å². The summed E-state index contributed by atoms with van der Waals surface area (Å²) in [5.41, 5.74) is 0. The maximum Gasteiger partial charge on any atom is 0.407 e. The van der Waals surface area contributed by atoms with Crippen LogP contribution in [-0.2, 0) is 47.5 Å². The monoisotopic (exact) mass is 1010 g/mol. The van der Waals surface area contributed by atoms with Crippen molar-refractivity contribution in [2.24, 2.45) is 0 Å². The number of hydrogen-bond acceptors (Lipinski definition) is 14. The van der Waals surface area contributed by atoms with Gasteiger partial charge >= 0.3 is 12.2 Å². The third-order valence-electron chi connectivity index (χ3n) is 6.44. The van der Waals surface area contributed by atoms with Crippen LogP contribution in [0, 0.1) is 0 Å². The van der Waals surface area contributed by atoms with Gasteiger partial charge in [0.25, 0.3) is 0 Å². The van der Waals surface area contributed by atoms with Crippen molar-refractivity contribution in [3.8, 4) is 0 Å².